The van der Waals surface area contributed by atoms with Crippen LogP contribution in [0.2, 0.25) is 0 Å². The number of rotatable bonds is 7. The number of aliphatic hydroxyl groups excluding tert-OH is 1. The van der Waals surface area contributed by atoms with Gasteiger partial charge < -0.3 is 20.3 Å². The van der Waals surface area contributed by atoms with E-state index < -0.39 is 18.2 Å². The number of hydrogen-bond donors (Lipinski definition) is 2. The molecule has 7 heteroatoms. The number of pyridine rings is 1. The lowest BCUT2D eigenvalue weighted by molar-refractivity contribution is -0.423. The molecule has 0 saturated heterocycles. The second-order valence-corrected chi connectivity index (χ2v) is 6.60. The monoisotopic (exact) mass is 392 g/mol. The molecule has 4 rings (SSSR count). The van der Waals surface area contributed by atoms with Crippen LogP contribution < -0.4 is 5.73 Å². The Morgan fingerprint density at radius 3 is 2.10 bits per heavy atom. The van der Waals surface area contributed by atoms with Crippen molar-refractivity contribution < 1.29 is 24.1 Å². The maximum atomic E-state index is 11.6. The highest BCUT2D eigenvalue weighted by Crippen LogP contribution is 2.45. The third-order valence-electron chi connectivity index (χ3n) is 4.59. The third-order valence-corrected chi connectivity index (χ3v) is 4.59. The Morgan fingerprint density at radius 1 is 1.03 bits per heavy atom. The van der Waals surface area contributed by atoms with Crippen LogP contribution in [0.4, 0.5) is 0 Å². The first-order valence-corrected chi connectivity index (χ1v) is 9.09. The largest absolute Gasteiger partial charge is 0.364 e. The van der Waals surface area contributed by atoms with Gasteiger partial charge in [0.25, 0.3) is 5.91 Å². The van der Waals surface area contributed by atoms with Crippen molar-refractivity contribution in [2.24, 2.45) is 5.73 Å². The number of amides is 1. The Hall–Kier alpha value is -3.10. The van der Waals surface area contributed by atoms with E-state index in [1.54, 1.807) is 0 Å². The third kappa shape index (κ3) is 4.03. The van der Waals surface area contributed by atoms with Gasteiger partial charge in [0.05, 0.1) is 18.8 Å². The highest BCUT2D eigenvalue weighted by atomic mass is 16.9. The summed E-state index contributed by atoms with van der Waals surface area (Å²) in [6, 6.07) is 20.4. The topological polar surface area (TPSA) is 104 Å². The van der Waals surface area contributed by atoms with E-state index in [0.717, 1.165) is 11.1 Å². The zero-order valence-corrected chi connectivity index (χ0v) is 15.5. The van der Waals surface area contributed by atoms with Crippen LogP contribution in [0, 0.1) is 0 Å². The van der Waals surface area contributed by atoms with Crippen molar-refractivity contribution >= 4 is 5.91 Å². The minimum atomic E-state index is -1.71. The van der Waals surface area contributed by atoms with Crippen LogP contribution in [0.5, 0.6) is 0 Å². The lowest BCUT2D eigenvalue weighted by atomic mass is 10.1. The van der Waals surface area contributed by atoms with Gasteiger partial charge >= 0.3 is 5.97 Å². The van der Waals surface area contributed by atoms with Gasteiger partial charge in [0.15, 0.2) is 6.29 Å². The zero-order chi connectivity index (χ0) is 20.3. The summed E-state index contributed by atoms with van der Waals surface area (Å²) in [6.45, 7) is 0.325. The molecule has 1 aliphatic heterocycles. The van der Waals surface area contributed by atoms with Crippen molar-refractivity contribution in [2.75, 3.05) is 0 Å². The molecule has 0 spiro atoms. The minimum Gasteiger partial charge on any atom is -0.364 e. The maximum Gasteiger partial charge on any atom is 0.315 e. The summed E-state index contributed by atoms with van der Waals surface area (Å²) in [5.74, 6) is -2.41. The number of benzene rings is 2. The van der Waals surface area contributed by atoms with Crippen LogP contribution in [-0.2, 0) is 33.4 Å². The van der Waals surface area contributed by atoms with E-state index in [4.69, 9.17) is 19.9 Å². The number of nitrogens with two attached hydrogens (primary N) is 1. The molecule has 0 fully saturated rings. The van der Waals surface area contributed by atoms with Crippen molar-refractivity contribution in [1.82, 2.24) is 4.98 Å². The highest BCUT2D eigenvalue weighted by Gasteiger charge is 2.48. The molecule has 2 aromatic carbocycles. The Kier molecular flexibility index (Phi) is 5.37. The molecule has 2 heterocycles. The Morgan fingerprint density at radius 2 is 1.59 bits per heavy atom. The molecule has 1 unspecified atom stereocenters. The first-order chi connectivity index (χ1) is 14.1. The number of aromatic nitrogens is 1. The summed E-state index contributed by atoms with van der Waals surface area (Å²) >= 11 is 0. The number of carbonyl (C=O) groups excluding carboxylic acids is 1. The van der Waals surface area contributed by atoms with Crippen LogP contribution in [0.3, 0.4) is 0 Å². The highest BCUT2D eigenvalue weighted by molar-refractivity contribution is 5.91. The standard InChI is InChI=1S/C22H20N2O5/c23-20(25)19-11-18-17(12-24-19)21(26)29-22(18,27-13-15-7-3-1-4-8-15)28-14-16-9-5-2-6-10-16/h1-12,21,26H,13-14H2,(H2,23,25). The van der Waals surface area contributed by atoms with Gasteiger partial charge in [0.1, 0.15) is 5.69 Å². The molecule has 29 heavy (non-hydrogen) atoms. The number of aliphatic hydroxyl groups is 1. The Balaban J connectivity index is 1.69. The number of fused-ring (bicyclic) bond motifs is 1. The summed E-state index contributed by atoms with van der Waals surface area (Å²) in [4.78, 5) is 15.6. The molecule has 1 amide bonds. The normalized spacial score (nSPS) is 17.1. The molecule has 148 valence electrons. The molecule has 0 radical (unpaired) electrons. The molecular formula is C22H20N2O5. The van der Waals surface area contributed by atoms with Gasteiger partial charge in [-0.1, -0.05) is 60.7 Å². The summed E-state index contributed by atoms with van der Waals surface area (Å²) in [5.41, 5.74) is 7.91. The van der Waals surface area contributed by atoms with Crippen molar-refractivity contribution in [1.29, 1.82) is 0 Å². The molecule has 1 atom stereocenters. The van der Waals surface area contributed by atoms with Crippen molar-refractivity contribution in [3.63, 3.8) is 0 Å². The number of hydrogen-bond acceptors (Lipinski definition) is 6. The second kappa shape index (κ2) is 8.10. The minimum absolute atomic E-state index is 0.0254. The van der Waals surface area contributed by atoms with Crippen molar-refractivity contribution in [3.05, 3.63) is 101 Å². The van der Waals surface area contributed by atoms with Gasteiger partial charge in [-0.05, 0) is 17.2 Å². The molecule has 0 bridgehead atoms. The van der Waals surface area contributed by atoms with E-state index in [2.05, 4.69) is 4.98 Å². The number of primary amides is 1. The van der Waals surface area contributed by atoms with E-state index >= 15 is 0 Å². The van der Waals surface area contributed by atoms with Crippen LogP contribution in [-0.4, -0.2) is 16.0 Å². The van der Waals surface area contributed by atoms with E-state index in [1.165, 1.54) is 12.3 Å². The van der Waals surface area contributed by atoms with Crippen LogP contribution in [0.15, 0.2) is 72.9 Å². The predicted molar refractivity (Wildman–Crippen MR) is 103 cm³/mol. The first-order valence-electron chi connectivity index (χ1n) is 9.09. The fourth-order valence-electron chi connectivity index (χ4n) is 3.11. The van der Waals surface area contributed by atoms with Gasteiger partial charge in [-0.25, -0.2) is 0 Å². The summed E-state index contributed by atoms with van der Waals surface area (Å²) in [5, 5.41) is 10.4. The van der Waals surface area contributed by atoms with E-state index in [1.807, 2.05) is 60.7 Å². The molecule has 0 aliphatic carbocycles. The quantitative estimate of drug-likeness (QED) is 0.599. The molecule has 1 aromatic heterocycles. The lowest BCUT2D eigenvalue weighted by Gasteiger charge is -2.29. The number of ether oxygens (including phenoxy) is 3. The molecule has 7 nitrogen and oxygen atoms in total. The van der Waals surface area contributed by atoms with Gasteiger partial charge in [-0.15, -0.1) is 0 Å². The lowest BCUT2D eigenvalue weighted by Crippen LogP contribution is -2.33. The van der Waals surface area contributed by atoms with Gasteiger partial charge in [-0.2, -0.15) is 0 Å². The van der Waals surface area contributed by atoms with Crippen LogP contribution in [0.1, 0.15) is 39.0 Å². The summed E-state index contributed by atoms with van der Waals surface area (Å²) in [7, 11) is 0. The number of carbonyl (C=O) groups is 1. The van der Waals surface area contributed by atoms with Gasteiger partial charge in [-0.3, -0.25) is 14.5 Å². The fraction of sp³-hybridized carbons (Fsp3) is 0.182. The molecule has 0 saturated carbocycles. The average molecular weight is 392 g/mol. The van der Waals surface area contributed by atoms with E-state index in [9.17, 15) is 9.90 Å². The van der Waals surface area contributed by atoms with Gasteiger partial charge in [0, 0.05) is 11.8 Å². The average Bonchev–Trinajstić information content (AvgIpc) is 3.04. The van der Waals surface area contributed by atoms with E-state index in [-0.39, 0.29) is 18.9 Å². The summed E-state index contributed by atoms with van der Waals surface area (Å²) < 4.78 is 17.8. The maximum absolute atomic E-state index is 11.6. The summed E-state index contributed by atoms with van der Waals surface area (Å²) in [6.07, 6.45) is 0.0329. The molecule has 3 aromatic rings. The van der Waals surface area contributed by atoms with Crippen molar-refractivity contribution in [3.8, 4) is 0 Å². The second-order valence-electron chi connectivity index (χ2n) is 6.60. The number of nitrogens with zero attached hydrogens (tertiary/aromatic N) is 1. The predicted octanol–water partition coefficient (Wildman–Crippen LogP) is 2.75. The fourth-order valence-corrected chi connectivity index (χ4v) is 3.11. The smallest absolute Gasteiger partial charge is 0.315 e. The SMILES string of the molecule is NC(=O)c1cc2c(cn1)C(O)OC2(OCc1ccccc1)OCc1ccccc1. The zero-order valence-electron chi connectivity index (χ0n) is 15.5. The van der Waals surface area contributed by atoms with Crippen LogP contribution in [0.25, 0.3) is 0 Å². The Bertz CT molecular complexity index is 951. The molecule has 1 aliphatic rings. The molecular weight excluding hydrogens is 372 g/mol. The van der Waals surface area contributed by atoms with Crippen LogP contribution >= 0.6 is 0 Å². The van der Waals surface area contributed by atoms with Crippen molar-refractivity contribution in [2.45, 2.75) is 25.5 Å². The van der Waals surface area contributed by atoms with Gasteiger partial charge in [0.2, 0.25) is 0 Å². The first kappa shape index (κ1) is 19.2. The van der Waals surface area contributed by atoms with E-state index in [0.29, 0.717) is 11.1 Å². The Labute approximate surface area is 167 Å². The molecule has 3 N–H and O–H groups in total.